The van der Waals surface area contributed by atoms with Crippen molar-refractivity contribution in [1.82, 2.24) is 4.57 Å². The van der Waals surface area contributed by atoms with Crippen LogP contribution >= 0.6 is 0 Å². The Labute approximate surface area is 308 Å². The quantitative estimate of drug-likeness (QED) is 0.173. The molecular formula is C50H41NO2. The first-order valence-electron chi connectivity index (χ1n) is 18.7. The Bertz CT molecular complexity index is 3050. The fourth-order valence-electron chi connectivity index (χ4n) is 9.57. The molecule has 258 valence electrons. The van der Waals surface area contributed by atoms with Crippen LogP contribution in [0.25, 0.3) is 92.6 Å². The molecule has 10 rings (SSSR count). The first-order valence-corrected chi connectivity index (χ1v) is 18.7. The molecule has 0 spiro atoms. The number of fused-ring (bicyclic) bond motifs is 3. The molecule has 0 amide bonds. The average molecular weight is 688 g/mol. The SMILES string of the molecule is Cc1cccc(-n2c(=O)c3c4cc(-c5ccccc5C(C)(C)C)c5ccc6ccc7c(-c8ccccc8C(C)(C)C)cc(c3c2=O)c2c7c6c5c42)c1C. The third-order valence-electron chi connectivity index (χ3n) is 12.1. The molecule has 0 aliphatic rings. The van der Waals surface area contributed by atoms with Crippen molar-refractivity contribution in [1.29, 1.82) is 0 Å². The Hall–Kier alpha value is -5.80. The van der Waals surface area contributed by atoms with Crippen molar-refractivity contribution in [3.8, 4) is 27.9 Å². The van der Waals surface area contributed by atoms with Gasteiger partial charge in [0.25, 0.3) is 11.1 Å². The fraction of sp³-hybridized carbons (Fsp3) is 0.200. The van der Waals surface area contributed by atoms with E-state index in [1.165, 1.54) is 48.0 Å². The smallest absolute Gasteiger partial charge is 0.266 e. The lowest BCUT2D eigenvalue weighted by Gasteiger charge is -2.24. The number of nitrogens with zero attached hydrogens (tertiary/aromatic N) is 1. The van der Waals surface area contributed by atoms with Gasteiger partial charge in [-0.2, -0.15) is 0 Å². The Balaban J connectivity index is 1.51. The highest BCUT2D eigenvalue weighted by Crippen LogP contribution is 2.54. The highest BCUT2D eigenvalue weighted by molar-refractivity contribution is 6.50. The fourth-order valence-corrected chi connectivity index (χ4v) is 9.57. The van der Waals surface area contributed by atoms with Crippen LogP contribution < -0.4 is 11.1 Å². The summed E-state index contributed by atoms with van der Waals surface area (Å²) in [5.41, 5.74) is 8.87. The monoisotopic (exact) mass is 687 g/mol. The lowest BCUT2D eigenvalue weighted by atomic mass is 9.80. The maximum atomic E-state index is 15.1. The van der Waals surface area contributed by atoms with E-state index in [2.05, 4.69) is 126 Å². The molecule has 53 heavy (non-hydrogen) atoms. The number of rotatable bonds is 3. The predicted molar refractivity (Wildman–Crippen MR) is 226 cm³/mol. The van der Waals surface area contributed by atoms with Crippen molar-refractivity contribution in [2.75, 3.05) is 0 Å². The molecule has 0 aliphatic heterocycles. The summed E-state index contributed by atoms with van der Waals surface area (Å²) in [6.45, 7) is 17.6. The molecular weight excluding hydrogens is 647 g/mol. The number of benzene rings is 8. The maximum absolute atomic E-state index is 15.1. The van der Waals surface area contributed by atoms with Gasteiger partial charge in [0.15, 0.2) is 0 Å². The molecule has 0 radical (unpaired) electrons. The molecule has 0 atom stereocenters. The van der Waals surface area contributed by atoms with E-state index in [1.54, 1.807) is 0 Å². The van der Waals surface area contributed by atoms with E-state index in [-0.39, 0.29) is 21.9 Å². The van der Waals surface area contributed by atoms with E-state index in [4.69, 9.17) is 0 Å². The van der Waals surface area contributed by atoms with Crippen molar-refractivity contribution in [3.63, 3.8) is 0 Å². The number of hydrogen-bond donors (Lipinski definition) is 0. The van der Waals surface area contributed by atoms with Crippen LogP contribution in [0.15, 0.2) is 113 Å². The second kappa shape index (κ2) is 10.4. The molecule has 9 aromatic carbocycles. The third kappa shape index (κ3) is 4.11. The molecule has 0 N–H and O–H groups in total. The van der Waals surface area contributed by atoms with E-state index in [0.717, 1.165) is 54.9 Å². The molecule has 0 saturated carbocycles. The lowest BCUT2D eigenvalue weighted by molar-refractivity contribution is 0.592. The molecule has 0 aliphatic carbocycles. The summed E-state index contributed by atoms with van der Waals surface area (Å²) in [5.74, 6) is 0. The van der Waals surface area contributed by atoms with Crippen LogP contribution in [-0.2, 0) is 10.8 Å². The van der Waals surface area contributed by atoms with Gasteiger partial charge in [-0.3, -0.25) is 9.59 Å². The first kappa shape index (κ1) is 31.9. The minimum absolute atomic E-state index is 0.113. The van der Waals surface area contributed by atoms with Gasteiger partial charge in [-0.05, 0) is 141 Å². The minimum atomic E-state index is -0.255. The topological polar surface area (TPSA) is 39.1 Å². The van der Waals surface area contributed by atoms with Gasteiger partial charge in [0, 0.05) is 0 Å². The van der Waals surface area contributed by atoms with Gasteiger partial charge in [0.05, 0.1) is 16.5 Å². The molecule has 0 unspecified atom stereocenters. The van der Waals surface area contributed by atoms with Crippen molar-refractivity contribution < 1.29 is 0 Å². The molecule has 1 aromatic heterocycles. The van der Waals surface area contributed by atoms with Gasteiger partial charge in [-0.25, -0.2) is 4.57 Å². The summed E-state index contributed by atoms with van der Waals surface area (Å²) in [7, 11) is 0. The van der Waals surface area contributed by atoms with Crippen LogP contribution in [0.5, 0.6) is 0 Å². The number of aromatic nitrogens is 1. The summed E-state index contributed by atoms with van der Waals surface area (Å²) in [5, 5.41) is 12.0. The molecule has 0 bridgehead atoms. The van der Waals surface area contributed by atoms with E-state index in [9.17, 15) is 0 Å². The largest absolute Gasteiger partial charge is 0.268 e. The number of hydrogen-bond acceptors (Lipinski definition) is 2. The van der Waals surface area contributed by atoms with Crippen LogP contribution in [0.1, 0.15) is 63.8 Å². The Morgan fingerprint density at radius 1 is 0.434 bits per heavy atom. The van der Waals surface area contributed by atoms with Crippen molar-refractivity contribution in [2.45, 2.75) is 66.2 Å². The second-order valence-corrected chi connectivity index (χ2v) is 17.3. The Morgan fingerprint density at radius 3 is 1.36 bits per heavy atom. The normalized spacial score (nSPS) is 13.1. The number of aryl methyl sites for hydroxylation is 1. The molecule has 3 nitrogen and oxygen atoms in total. The van der Waals surface area contributed by atoms with E-state index >= 15 is 9.59 Å². The predicted octanol–water partition coefficient (Wildman–Crippen LogP) is 12.4. The van der Waals surface area contributed by atoms with Gasteiger partial charge in [-0.15, -0.1) is 0 Å². The van der Waals surface area contributed by atoms with Crippen molar-refractivity contribution in [2.24, 2.45) is 0 Å². The van der Waals surface area contributed by atoms with Crippen molar-refractivity contribution in [3.05, 3.63) is 146 Å². The van der Waals surface area contributed by atoms with Gasteiger partial charge >= 0.3 is 0 Å². The zero-order valence-electron chi connectivity index (χ0n) is 31.6. The highest BCUT2D eigenvalue weighted by Gasteiger charge is 2.31. The van der Waals surface area contributed by atoms with Gasteiger partial charge < -0.3 is 0 Å². The summed E-state index contributed by atoms with van der Waals surface area (Å²) < 4.78 is 1.44. The van der Waals surface area contributed by atoms with Crippen LogP contribution in [0.4, 0.5) is 0 Å². The molecule has 0 fully saturated rings. The lowest BCUT2D eigenvalue weighted by Crippen LogP contribution is -2.24. The van der Waals surface area contributed by atoms with Gasteiger partial charge in [0.2, 0.25) is 0 Å². The zero-order chi connectivity index (χ0) is 36.9. The average Bonchev–Trinajstić information content (AvgIpc) is 3.62. The summed E-state index contributed by atoms with van der Waals surface area (Å²) in [4.78, 5) is 30.3. The molecule has 1 heterocycles. The molecule has 10 aromatic rings. The minimum Gasteiger partial charge on any atom is -0.268 e. The highest BCUT2D eigenvalue weighted by atomic mass is 16.2. The van der Waals surface area contributed by atoms with Crippen molar-refractivity contribution >= 4 is 64.6 Å². The Kier molecular flexibility index (Phi) is 6.27. The standard InChI is InChI=1S/C50H41NO2/c1-26-14-13-19-39(27(26)2)51-47(52)45-35-24-33(29-15-9-11-17-37(29)49(3,4)5)31-22-20-28-21-23-32-34(30-16-10-12-18-38(30)50(6,7)8)25-36(46(45)48(51)53)44-42(32)40(28)41(31)43(35)44/h9-25H,1-8H3. The van der Waals surface area contributed by atoms with E-state index in [0.29, 0.717) is 16.5 Å². The van der Waals surface area contributed by atoms with Crippen LogP contribution in [0.3, 0.4) is 0 Å². The molecule has 3 heteroatoms. The van der Waals surface area contributed by atoms with Crippen LogP contribution in [0.2, 0.25) is 0 Å². The Morgan fingerprint density at radius 2 is 0.887 bits per heavy atom. The second-order valence-electron chi connectivity index (χ2n) is 17.3. The zero-order valence-corrected chi connectivity index (χ0v) is 31.6. The van der Waals surface area contributed by atoms with E-state index < -0.39 is 0 Å². The third-order valence-corrected chi connectivity index (χ3v) is 12.1. The van der Waals surface area contributed by atoms with Gasteiger partial charge in [0.1, 0.15) is 0 Å². The summed E-state index contributed by atoms with van der Waals surface area (Å²) in [6.07, 6.45) is 0. The van der Waals surface area contributed by atoms with E-state index in [1.807, 2.05) is 32.0 Å². The first-order chi connectivity index (χ1) is 25.3. The van der Waals surface area contributed by atoms with Crippen LogP contribution in [0, 0.1) is 13.8 Å². The summed E-state index contributed by atoms with van der Waals surface area (Å²) in [6, 6.07) is 36.7. The van der Waals surface area contributed by atoms with Gasteiger partial charge in [-0.1, -0.05) is 126 Å². The summed E-state index contributed by atoms with van der Waals surface area (Å²) >= 11 is 0. The van der Waals surface area contributed by atoms with Crippen LogP contribution in [-0.4, -0.2) is 4.57 Å². The molecule has 0 saturated heterocycles. The maximum Gasteiger partial charge on any atom is 0.266 e.